The van der Waals surface area contributed by atoms with Gasteiger partial charge in [-0.15, -0.1) is 0 Å². The topological polar surface area (TPSA) is 71.3 Å². The Hall–Kier alpha value is -3.90. The third kappa shape index (κ3) is 4.70. The number of carbonyl (C=O) groups is 1. The van der Waals surface area contributed by atoms with Crippen LogP contribution in [-0.2, 0) is 6.54 Å². The molecule has 0 aliphatic carbocycles. The number of rotatable bonds is 5. The van der Waals surface area contributed by atoms with Gasteiger partial charge in [-0.2, -0.15) is 4.98 Å². The van der Waals surface area contributed by atoms with Crippen LogP contribution in [-0.4, -0.2) is 21.1 Å². The molecule has 6 nitrogen and oxygen atoms in total. The Kier molecular flexibility index (Phi) is 6.14. The summed E-state index contributed by atoms with van der Waals surface area (Å²) in [4.78, 5) is 19.7. The van der Waals surface area contributed by atoms with Crippen molar-refractivity contribution in [3.8, 4) is 11.4 Å². The van der Waals surface area contributed by atoms with E-state index in [1.54, 1.807) is 4.90 Å². The zero-order valence-corrected chi connectivity index (χ0v) is 20.5. The first-order valence-electron chi connectivity index (χ1n) is 11.4. The molecule has 0 saturated carbocycles. The summed E-state index contributed by atoms with van der Waals surface area (Å²) < 4.78 is 5.77. The van der Waals surface area contributed by atoms with Crippen LogP contribution in [0.4, 0.5) is 4.79 Å². The minimum Gasteiger partial charge on any atom is -0.334 e. The zero-order valence-electron chi connectivity index (χ0n) is 19.7. The van der Waals surface area contributed by atoms with Crippen molar-refractivity contribution < 1.29 is 9.32 Å². The summed E-state index contributed by atoms with van der Waals surface area (Å²) in [7, 11) is 0. The molecule has 0 bridgehead atoms. The molecule has 2 heterocycles. The summed E-state index contributed by atoms with van der Waals surface area (Å²) in [6.07, 6.45) is 0. The van der Waals surface area contributed by atoms with Crippen molar-refractivity contribution in [2.45, 2.75) is 33.4 Å². The molecular weight excluding hydrogens is 460 g/mol. The van der Waals surface area contributed by atoms with Crippen LogP contribution in [0.1, 0.15) is 41.1 Å². The molecule has 1 aliphatic rings. The average Bonchev–Trinajstić information content (AvgIpc) is 3.32. The first-order valence-corrected chi connectivity index (χ1v) is 11.8. The van der Waals surface area contributed by atoms with Crippen LogP contribution in [0.15, 0.2) is 83.0 Å². The van der Waals surface area contributed by atoms with Gasteiger partial charge in [0.05, 0.1) is 18.2 Å². The third-order valence-corrected chi connectivity index (χ3v) is 6.44. The molecule has 176 valence electrons. The summed E-state index contributed by atoms with van der Waals surface area (Å²) >= 11 is 6.18. The van der Waals surface area contributed by atoms with Gasteiger partial charge >= 0.3 is 6.03 Å². The molecular formula is C28H25ClN4O2. The van der Waals surface area contributed by atoms with Crippen molar-refractivity contribution in [2.24, 2.45) is 0 Å². The van der Waals surface area contributed by atoms with Gasteiger partial charge in [-0.25, -0.2) is 4.79 Å². The zero-order chi connectivity index (χ0) is 24.5. The standard InChI is InChI=1S/C28H25ClN4O2/c1-17-7-11-21(12-8-17)25-24(27-31-26(32-35-27)22-13-9-18(2)10-14-22)19(3)33(28(34)30-25)16-20-5-4-6-23(29)15-20/h4-15,25H,16H2,1-3H3,(H,30,34). The second-order valence-electron chi connectivity index (χ2n) is 8.80. The SMILES string of the molecule is CC1=C(c2nc(-c3ccc(C)cc3)no2)C(c2ccc(C)cc2)NC(=O)N1Cc1cccc(Cl)c1. The lowest BCUT2D eigenvalue weighted by atomic mass is 9.94. The van der Waals surface area contributed by atoms with E-state index >= 15 is 0 Å². The third-order valence-electron chi connectivity index (χ3n) is 6.20. The van der Waals surface area contributed by atoms with Gasteiger partial charge in [-0.3, -0.25) is 4.90 Å². The number of aryl methyl sites for hydroxylation is 2. The molecule has 0 saturated heterocycles. The first-order chi connectivity index (χ1) is 16.9. The Labute approximate surface area is 209 Å². The van der Waals surface area contributed by atoms with Crippen molar-refractivity contribution in [2.75, 3.05) is 0 Å². The van der Waals surface area contributed by atoms with E-state index in [-0.39, 0.29) is 6.03 Å². The van der Waals surface area contributed by atoms with Gasteiger partial charge in [0.25, 0.3) is 5.89 Å². The lowest BCUT2D eigenvalue weighted by molar-refractivity contribution is 0.203. The summed E-state index contributed by atoms with van der Waals surface area (Å²) in [6, 6.07) is 22.9. The Balaban J connectivity index is 1.59. The molecule has 1 atom stereocenters. The number of urea groups is 1. The molecule has 2 amide bonds. The lowest BCUT2D eigenvalue weighted by Crippen LogP contribution is -2.45. The number of benzene rings is 3. The van der Waals surface area contributed by atoms with Crippen LogP contribution in [0.25, 0.3) is 17.0 Å². The minimum absolute atomic E-state index is 0.199. The number of nitrogens with one attached hydrogen (secondary N) is 1. The van der Waals surface area contributed by atoms with Crippen molar-refractivity contribution in [3.05, 3.63) is 112 Å². The van der Waals surface area contributed by atoms with Crippen LogP contribution in [0.2, 0.25) is 5.02 Å². The van der Waals surface area contributed by atoms with Crippen molar-refractivity contribution >= 4 is 23.2 Å². The van der Waals surface area contributed by atoms with Crippen molar-refractivity contribution in [1.82, 2.24) is 20.4 Å². The molecule has 3 aromatic carbocycles. The van der Waals surface area contributed by atoms with Gasteiger partial charge in [0.2, 0.25) is 5.82 Å². The van der Waals surface area contributed by atoms with E-state index in [0.717, 1.165) is 39.1 Å². The molecule has 1 N–H and O–H groups in total. The summed E-state index contributed by atoms with van der Waals surface area (Å²) in [5.41, 5.74) is 6.54. The Bertz CT molecular complexity index is 1410. The van der Waals surface area contributed by atoms with E-state index in [1.165, 1.54) is 0 Å². The number of hydrogen-bond donors (Lipinski definition) is 1. The number of aromatic nitrogens is 2. The van der Waals surface area contributed by atoms with E-state index in [4.69, 9.17) is 21.1 Å². The maximum absolute atomic E-state index is 13.3. The number of carbonyl (C=O) groups excluding carboxylic acids is 1. The Morgan fingerprint density at radius 3 is 2.34 bits per heavy atom. The quantitative estimate of drug-likeness (QED) is 0.342. The Morgan fingerprint density at radius 1 is 0.971 bits per heavy atom. The molecule has 5 rings (SSSR count). The van der Waals surface area contributed by atoms with E-state index in [0.29, 0.717) is 23.3 Å². The Morgan fingerprint density at radius 2 is 1.66 bits per heavy atom. The van der Waals surface area contributed by atoms with Crippen LogP contribution >= 0.6 is 11.6 Å². The predicted molar refractivity (Wildman–Crippen MR) is 137 cm³/mol. The van der Waals surface area contributed by atoms with Crippen LogP contribution < -0.4 is 5.32 Å². The molecule has 35 heavy (non-hydrogen) atoms. The molecule has 0 spiro atoms. The smallest absolute Gasteiger partial charge is 0.322 e. The van der Waals surface area contributed by atoms with Gasteiger partial charge in [-0.1, -0.05) is 88.5 Å². The number of hydrogen-bond acceptors (Lipinski definition) is 4. The predicted octanol–water partition coefficient (Wildman–Crippen LogP) is 6.70. The molecule has 4 aromatic rings. The van der Waals surface area contributed by atoms with Crippen LogP contribution in [0, 0.1) is 13.8 Å². The highest BCUT2D eigenvalue weighted by atomic mass is 35.5. The maximum Gasteiger partial charge on any atom is 0.322 e. The number of amides is 2. The number of halogens is 1. The maximum atomic E-state index is 13.3. The average molecular weight is 485 g/mol. The fraction of sp³-hybridized carbons (Fsp3) is 0.179. The van der Waals surface area contributed by atoms with Crippen molar-refractivity contribution in [1.29, 1.82) is 0 Å². The van der Waals surface area contributed by atoms with Gasteiger partial charge in [-0.05, 0) is 44.0 Å². The number of allylic oxidation sites excluding steroid dienone is 1. The first kappa shape index (κ1) is 22.9. The van der Waals surface area contributed by atoms with E-state index in [9.17, 15) is 4.79 Å². The normalized spacial score (nSPS) is 15.9. The highest BCUT2D eigenvalue weighted by Gasteiger charge is 2.35. The highest BCUT2D eigenvalue weighted by molar-refractivity contribution is 6.30. The fourth-order valence-electron chi connectivity index (χ4n) is 4.23. The molecule has 1 aromatic heterocycles. The van der Waals surface area contributed by atoms with Crippen LogP contribution in [0.5, 0.6) is 0 Å². The number of nitrogens with zero attached hydrogens (tertiary/aromatic N) is 3. The summed E-state index contributed by atoms with van der Waals surface area (Å²) in [5.74, 6) is 0.876. The van der Waals surface area contributed by atoms with Gasteiger partial charge in [0.15, 0.2) is 0 Å². The second-order valence-corrected chi connectivity index (χ2v) is 9.23. The second kappa shape index (κ2) is 9.39. The molecule has 1 aliphatic heterocycles. The van der Waals surface area contributed by atoms with Gasteiger partial charge in [0, 0.05) is 16.3 Å². The highest BCUT2D eigenvalue weighted by Crippen LogP contribution is 2.38. The minimum atomic E-state index is -0.426. The lowest BCUT2D eigenvalue weighted by Gasteiger charge is -2.35. The summed E-state index contributed by atoms with van der Waals surface area (Å²) in [6.45, 7) is 6.34. The van der Waals surface area contributed by atoms with Crippen molar-refractivity contribution in [3.63, 3.8) is 0 Å². The molecule has 7 heteroatoms. The monoisotopic (exact) mass is 484 g/mol. The fourth-order valence-corrected chi connectivity index (χ4v) is 4.44. The molecule has 0 radical (unpaired) electrons. The summed E-state index contributed by atoms with van der Waals surface area (Å²) in [5, 5.41) is 8.00. The van der Waals surface area contributed by atoms with E-state index in [2.05, 4.69) is 10.5 Å². The molecule has 1 unspecified atom stereocenters. The van der Waals surface area contributed by atoms with Crippen LogP contribution in [0.3, 0.4) is 0 Å². The van der Waals surface area contributed by atoms with E-state index in [1.807, 2.05) is 93.6 Å². The molecule has 0 fully saturated rings. The van der Waals surface area contributed by atoms with Gasteiger partial charge in [0.1, 0.15) is 0 Å². The van der Waals surface area contributed by atoms with E-state index < -0.39 is 6.04 Å². The largest absolute Gasteiger partial charge is 0.334 e. The van der Waals surface area contributed by atoms with Gasteiger partial charge < -0.3 is 9.84 Å².